The first kappa shape index (κ1) is 21.4. The fourth-order valence-electron chi connectivity index (χ4n) is 2.95. The molecular formula is C20H20F3N3O4. The van der Waals surface area contributed by atoms with Gasteiger partial charge in [0, 0.05) is 23.5 Å². The van der Waals surface area contributed by atoms with Crippen LogP contribution < -0.4 is 5.32 Å². The number of halogens is 3. The molecule has 1 amide bonds. The molecule has 0 aliphatic rings. The fourth-order valence-corrected chi connectivity index (χ4v) is 2.95. The minimum Gasteiger partial charge on any atom is -0.472 e. The number of carbonyl (C=O) groups is 2. The van der Waals surface area contributed by atoms with Gasteiger partial charge in [-0.25, -0.2) is 9.78 Å². The smallest absolute Gasteiger partial charge is 0.420 e. The molecule has 0 aliphatic carbocycles. The highest BCUT2D eigenvalue weighted by atomic mass is 19.4. The number of methoxy groups -OCH3 is 1. The number of hydrogen-bond donors (Lipinski definition) is 1. The Bertz CT molecular complexity index is 1080. The summed E-state index contributed by atoms with van der Waals surface area (Å²) in [6.45, 7) is 5.16. The van der Waals surface area contributed by atoms with E-state index in [0.29, 0.717) is 5.56 Å². The van der Waals surface area contributed by atoms with E-state index in [2.05, 4.69) is 10.3 Å². The van der Waals surface area contributed by atoms with Gasteiger partial charge in [0.2, 0.25) is 0 Å². The van der Waals surface area contributed by atoms with E-state index in [1.807, 2.05) is 0 Å². The second-order valence-corrected chi connectivity index (χ2v) is 7.80. The number of aromatic nitrogens is 2. The van der Waals surface area contributed by atoms with Crippen LogP contribution >= 0.6 is 0 Å². The van der Waals surface area contributed by atoms with E-state index in [9.17, 15) is 22.8 Å². The molecule has 0 aliphatic heterocycles. The highest BCUT2D eigenvalue weighted by Crippen LogP contribution is 2.35. The predicted molar refractivity (Wildman–Crippen MR) is 101 cm³/mol. The third kappa shape index (κ3) is 4.17. The van der Waals surface area contributed by atoms with Gasteiger partial charge in [0.25, 0.3) is 5.91 Å². The molecule has 3 aromatic rings. The number of imidazole rings is 1. The number of hydrogen-bond acceptors (Lipinski definition) is 5. The second-order valence-electron chi connectivity index (χ2n) is 7.80. The highest BCUT2D eigenvalue weighted by Gasteiger charge is 2.37. The molecular weight excluding hydrogens is 403 g/mol. The third-order valence-electron chi connectivity index (χ3n) is 4.52. The van der Waals surface area contributed by atoms with Crippen LogP contribution in [0.2, 0.25) is 0 Å². The molecule has 0 saturated carbocycles. The quantitative estimate of drug-likeness (QED) is 0.643. The molecule has 0 fully saturated rings. The van der Waals surface area contributed by atoms with E-state index in [-0.39, 0.29) is 11.3 Å². The van der Waals surface area contributed by atoms with E-state index in [1.165, 1.54) is 38.1 Å². The summed E-state index contributed by atoms with van der Waals surface area (Å²) in [4.78, 5) is 28.6. The van der Waals surface area contributed by atoms with Crippen LogP contribution in [0.4, 0.5) is 13.2 Å². The molecule has 30 heavy (non-hydrogen) atoms. The van der Waals surface area contributed by atoms with E-state index in [0.717, 1.165) is 10.5 Å². The number of rotatable bonds is 4. The Balaban J connectivity index is 2.05. The van der Waals surface area contributed by atoms with Crippen LogP contribution in [0.1, 0.15) is 36.8 Å². The maximum absolute atomic E-state index is 13.6. The minimum atomic E-state index is -4.69. The van der Waals surface area contributed by atoms with Crippen LogP contribution in [0.5, 0.6) is 0 Å². The van der Waals surface area contributed by atoms with Crippen molar-refractivity contribution in [2.45, 2.75) is 33.0 Å². The molecule has 0 saturated heterocycles. The Morgan fingerprint density at radius 1 is 1.20 bits per heavy atom. The van der Waals surface area contributed by atoms with Crippen molar-refractivity contribution in [1.29, 1.82) is 0 Å². The lowest BCUT2D eigenvalue weighted by molar-refractivity contribution is -0.145. The van der Waals surface area contributed by atoms with Gasteiger partial charge in [-0.3, -0.25) is 4.79 Å². The molecule has 10 heteroatoms. The molecule has 1 N–H and O–H groups in total. The Hall–Kier alpha value is -3.30. The average Bonchev–Trinajstić information content (AvgIpc) is 3.31. The average molecular weight is 423 g/mol. The van der Waals surface area contributed by atoms with Gasteiger partial charge in [-0.15, -0.1) is 0 Å². The molecule has 1 atom stereocenters. The summed E-state index contributed by atoms with van der Waals surface area (Å²) in [5.74, 6) is -1.46. The third-order valence-corrected chi connectivity index (χ3v) is 4.52. The van der Waals surface area contributed by atoms with Gasteiger partial charge in [0.15, 0.2) is 0 Å². The van der Waals surface area contributed by atoms with Crippen molar-refractivity contribution in [2.24, 2.45) is 5.41 Å². The molecule has 160 valence electrons. The molecule has 3 rings (SSSR count). The molecule has 7 nitrogen and oxygen atoms in total. The van der Waals surface area contributed by atoms with Gasteiger partial charge < -0.3 is 18.9 Å². The van der Waals surface area contributed by atoms with Crippen LogP contribution in [0.3, 0.4) is 0 Å². The van der Waals surface area contributed by atoms with Gasteiger partial charge in [-0.1, -0.05) is 20.8 Å². The maximum atomic E-state index is 13.6. The zero-order valence-corrected chi connectivity index (χ0v) is 16.7. The molecule has 0 spiro atoms. The minimum absolute atomic E-state index is 0.245. The predicted octanol–water partition coefficient (Wildman–Crippen LogP) is 3.93. The number of esters is 1. The first-order chi connectivity index (χ1) is 13.9. The molecule has 3 aromatic heterocycles. The van der Waals surface area contributed by atoms with Crippen molar-refractivity contribution >= 4 is 17.5 Å². The number of nitrogens with one attached hydrogen (secondary N) is 1. The first-order valence-electron chi connectivity index (χ1n) is 8.93. The normalized spacial score (nSPS) is 13.3. The number of amides is 1. The number of carbonyl (C=O) groups excluding carboxylic acids is 2. The SMILES string of the molecule is COC(=O)C(NC(=O)c1cn2cc(-c3ccoc3)cc(C(F)(F)F)c2n1)C(C)(C)C. The second kappa shape index (κ2) is 7.51. The van der Waals surface area contributed by atoms with E-state index in [1.54, 1.807) is 20.8 Å². The largest absolute Gasteiger partial charge is 0.472 e. The van der Waals surface area contributed by atoms with Crippen molar-refractivity contribution in [3.05, 3.63) is 48.3 Å². The van der Waals surface area contributed by atoms with Gasteiger partial charge in [-0.2, -0.15) is 13.2 Å². The van der Waals surface area contributed by atoms with Crippen molar-refractivity contribution in [1.82, 2.24) is 14.7 Å². The van der Waals surface area contributed by atoms with Crippen LogP contribution in [0.15, 0.2) is 41.5 Å². The molecule has 0 bridgehead atoms. The number of furan rings is 1. The van der Waals surface area contributed by atoms with Gasteiger partial charge >= 0.3 is 12.1 Å². The molecule has 3 heterocycles. The zero-order valence-electron chi connectivity index (χ0n) is 16.7. The van der Waals surface area contributed by atoms with Crippen LogP contribution in [0, 0.1) is 5.41 Å². The van der Waals surface area contributed by atoms with Crippen molar-refractivity contribution < 1.29 is 31.9 Å². The Morgan fingerprint density at radius 2 is 1.90 bits per heavy atom. The number of pyridine rings is 1. The number of ether oxygens (including phenoxy) is 1. The summed E-state index contributed by atoms with van der Waals surface area (Å²) in [6.07, 6.45) is 0.566. The Morgan fingerprint density at radius 3 is 2.43 bits per heavy atom. The molecule has 0 aromatic carbocycles. The number of alkyl halides is 3. The zero-order chi connectivity index (χ0) is 22.3. The first-order valence-corrected chi connectivity index (χ1v) is 8.93. The maximum Gasteiger partial charge on any atom is 0.420 e. The summed E-state index contributed by atoms with van der Waals surface area (Å²) in [6, 6.07) is 1.46. The lowest BCUT2D eigenvalue weighted by Crippen LogP contribution is -2.49. The van der Waals surface area contributed by atoms with Crippen LogP contribution in [-0.2, 0) is 15.7 Å². The summed E-state index contributed by atoms with van der Waals surface area (Å²) < 4.78 is 51.7. The molecule has 1 unspecified atom stereocenters. The van der Waals surface area contributed by atoms with Crippen molar-refractivity contribution in [2.75, 3.05) is 7.11 Å². The monoisotopic (exact) mass is 423 g/mol. The summed E-state index contributed by atoms with van der Waals surface area (Å²) in [5.41, 5.74) is -1.68. The van der Waals surface area contributed by atoms with E-state index < -0.39 is 40.7 Å². The number of fused-ring (bicyclic) bond motifs is 1. The summed E-state index contributed by atoms with van der Waals surface area (Å²) in [5, 5.41) is 2.50. The van der Waals surface area contributed by atoms with Gasteiger partial charge in [0.05, 0.1) is 25.2 Å². The Kier molecular flexibility index (Phi) is 5.36. The molecule has 0 radical (unpaired) electrons. The lowest BCUT2D eigenvalue weighted by atomic mass is 9.86. The summed E-state index contributed by atoms with van der Waals surface area (Å²) in [7, 11) is 1.19. The van der Waals surface area contributed by atoms with Gasteiger partial charge in [-0.05, 0) is 17.5 Å². The van der Waals surface area contributed by atoms with Crippen LogP contribution in [0.25, 0.3) is 16.8 Å². The standard InChI is InChI=1S/C20H20F3N3O4/c1-19(2,3)15(18(28)29-4)25-17(27)14-9-26-8-12(11-5-6-30-10-11)7-13(16(26)24-14)20(21,22)23/h5-10,15H,1-4H3,(H,25,27). The lowest BCUT2D eigenvalue weighted by Gasteiger charge is -2.28. The van der Waals surface area contributed by atoms with E-state index >= 15 is 0 Å². The highest BCUT2D eigenvalue weighted by molar-refractivity contribution is 5.96. The summed E-state index contributed by atoms with van der Waals surface area (Å²) >= 11 is 0. The van der Waals surface area contributed by atoms with Crippen molar-refractivity contribution in [3.8, 4) is 11.1 Å². The number of nitrogens with zero attached hydrogens (tertiary/aromatic N) is 2. The van der Waals surface area contributed by atoms with Gasteiger partial charge in [0.1, 0.15) is 17.4 Å². The van der Waals surface area contributed by atoms with E-state index in [4.69, 9.17) is 9.15 Å². The topological polar surface area (TPSA) is 85.8 Å². The van der Waals surface area contributed by atoms with Crippen molar-refractivity contribution in [3.63, 3.8) is 0 Å². The van der Waals surface area contributed by atoms with Crippen LogP contribution in [-0.4, -0.2) is 34.4 Å². The fraction of sp³-hybridized carbons (Fsp3) is 0.350. The Labute approximate surface area is 169 Å².